The van der Waals surface area contributed by atoms with Crippen LogP contribution in [0.4, 0.5) is 4.79 Å². The van der Waals surface area contributed by atoms with Crippen LogP contribution in [0, 0.1) is 17.8 Å². The van der Waals surface area contributed by atoms with E-state index < -0.39 is 5.54 Å². The number of imide groups is 1. The molecule has 174 valence electrons. The number of nitrogens with one attached hydrogen (secondary N) is 1. The van der Waals surface area contributed by atoms with Crippen molar-refractivity contribution in [3.05, 3.63) is 59.5 Å². The van der Waals surface area contributed by atoms with E-state index >= 15 is 0 Å². The molecule has 3 heterocycles. The normalized spacial score (nSPS) is 21.7. The van der Waals surface area contributed by atoms with Crippen LogP contribution in [0.5, 0.6) is 0 Å². The number of piperidine rings is 1. The molecule has 3 amide bonds. The summed E-state index contributed by atoms with van der Waals surface area (Å²) in [6.07, 6.45) is 3.95. The molecule has 1 aromatic heterocycles. The average molecular weight is 448 g/mol. The lowest BCUT2D eigenvalue weighted by molar-refractivity contribution is -0.134. The highest BCUT2D eigenvalue weighted by atomic mass is 16.3. The van der Waals surface area contributed by atoms with Crippen LogP contribution < -0.4 is 5.32 Å². The topological polar surface area (TPSA) is 65.8 Å². The molecule has 0 radical (unpaired) electrons. The number of hydrogen-bond acceptors (Lipinski definition) is 4. The molecule has 1 aromatic carbocycles. The van der Waals surface area contributed by atoms with Crippen LogP contribution >= 0.6 is 0 Å². The van der Waals surface area contributed by atoms with Gasteiger partial charge in [0.15, 0.2) is 0 Å². The molecule has 4 rings (SSSR count). The van der Waals surface area contributed by atoms with Crippen LogP contribution in [0.3, 0.4) is 0 Å². The van der Waals surface area contributed by atoms with Gasteiger partial charge >= 0.3 is 6.03 Å². The second-order valence-corrected chi connectivity index (χ2v) is 8.98. The number of nitrogens with zero attached hydrogens (tertiary/aromatic N) is 2. The summed E-state index contributed by atoms with van der Waals surface area (Å²) >= 11 is 0. The molecule has 2 aliphatic rings. The summed E-state index contributed by atoms with van der Waals surface area (Å²) in [7, 11) is 0. The average Bonchev–Trinajstić information content (AvgIpc) is 3.39. The molecule has 2 aliphatic heterocycles. The Bertz CT molecular complexity index is 1030. The first-order valence-electron chi connectivity index (χ1n) is 11.9. The minimum Gasteiger partial charge on any atom is -0.465 e. The number of furan rings is 1. The fraction of sp³-hybridized carbons (Fsp3) is 0.481. The highest BCUT2D eigenvalue weighted by Gasteiger charge is 2.55. The van der Waals surface area contributed by atoms with E-state index in [1.165, 1.54) is 10.5 Å². The van der Waals surface area contributed by atoms with Gasteiger partial charge in [0.05, 0.1) is 13.1 Å². The number of amides is 3. The van der Waals surface area contributed by atoms with E-state index in [2.05, 4.69) is 47.2 Å². The molecule has 6 nitrogen and oxygen atoms in total. The van der Waals surface area contributed by atoms with Crippen LogP contribution in [0.1, 0.15) is 50.2 Å². The highest BCUT2D eigenvalue weighted by molar-refractivity contribution is 6.07. The third-order valence-corrected chi connectivity index (χ3v) is 7.00. The first-order valence-corrected chi connectivity index (χ1v) is 11.9. The first-order chi connectivity index (χ1) is 16.1. The molecule has 0 saturated carbocycles. The fourth-order valence-corrected chi connectivity index (χ4v) is 5.08. The molecule has 0 unspecified atom stereocenters. The van der Waals surface area contributed by atoms with Gasteiger partial charge in [-0.05, 0) is 69.3 Å². The van der Waals surface area contributed by atoms with Gasteiger partial charge in [-0.3, -0.25) is 14.6 Å². The van der Waals surface area contributed by atoms with Gasteiger partial charge in [-0.1, -0.05) is 43.2 Å². The SMILES string of the molecule is CC#CCN1C(=O)N[C@@](CCc2ccccc2)(C2CCN(Cc3ccc(CC)o3)CC2)C1=O. The van der Waals surface area contributed by atoms with E-state index in [4.69, 9.17) is 4.42 Å². The molecule has 2 aromatic rings. The number of benzene rings is 1. The minimum absolute atomic E-state index is 0.0938. The summed E-state index contributed by atoms with van der Waals surface area (Å²) < 4.78 is 5.88. The monoisotopic (exact) mass is 447 g/mol. The van der Waals surface area contributed by atoms with Crippen molar-refractivity contribution in [1.82, 2.24) is 15.1 Å². The number of carbonyl (C=O) groups is 2. The Morgan fingerprint density at radius 1 is 1.09 bits per heavy atom. The summed E-state index contributed by atoms with van der Waals surface area (Å²) in [5, 5.41) is 3.12. The van der Waals surface area contributed by atoms with E-state index in [0.29, 0.717) is 6.42 Å². The predicted molar refractivity (Wildman–Crippen MR) is 127 cm³/mol. The summed E-state index contributed by atoms with van der Waals surface area (Å²) in [4.78, 5) is 30.1. The second-order valence-electron chi connectivity index (χ2n) is 8.98. The Labute approximate surface area is 196 Å². The Hall–Kier alpha value is -3.04. The second kappa shape index (κ2) is 10.3. The maximum atomic E-state index is 13.6. The first kappa shape index (κ1) is 23.1. The van der Waals surface area contributed by atoms with Crippen molar-refractivity contribution in [3.8, 4) is 11.8 Å². The van der Waals surface area contributed by atoms with Gasteiger partial charge in [-0.25, -0.2) is 4.79 Å². The maximum absolute atomic E-state index is 13.6. The zero-order valence-corrected chi connectivity index (χ0v) is 19.6. The number of likely N-dealkylation sites (tertiary alicyclic amines) is 1. The zero-order chi connectivity index (χ0) is 23.3. The van der Waals surface area contributed by atoms with E-state index in [0.717, 1.165) is 56.8 Å². The van der Waals surface area contributed by atoms with Gasteiger partial charge in [0.1, 0.15) is 17.1 Å². The molecular weight excluding hydrogens is 414 g/mol. The van der Waals surface area contributed by atoms with Crippen LogP contribution in [0.15, 0.2) is 46.9 Å². The number of urea groups is 1. The molecule has 2 saturated heterocycles. The zero-order valence-electron chi connectivity index (χ0n) is 19.6. The van der Waals surface area contributed by atoms with Crippen molar-refractivity contribution in [2.45, 2.75) is 58.0 Å². The summed E-state index contributed by atoms with van der Waals surface area (Å²) in [5.41, 5.74) is 0.307. The van der Waals surface area contributed by atoms with Gasteiger partial charge < -0.3 is 9.73 Å². The molecule has 6 heteroatoms. The van der Waals surface area contributed by atoms with Crippen LogP contribution in [-0.2, 0) is 24.2 Å². The highest BCUT2D eigenvalue weighted by Crippen LogP contribution is 2.37. The summed E-state index contributed by atoms with van der Waals surface area (Å²) in [6, 6.07) is 13.9. The summed E-state index contributed by atoms with van der Waals surface area (Å²) in [5.74, 6) is 7.64. The third-order valence-electron chi connectivity index (χ3n) is 7.00. The molecular formula is C27H33N3O3. The molecule has 1 N–H and O–H groups in total. The lowest BCUT2D eigenvalue weighted by Gasteiger charge is -2.40. The smallest absolute Gasteiger partial charge is 0.325 e. The number of hydrogen-bond donors (Lipinski definition) is 1. The van der Waals surface area contributed by atoms with Crippen molar-refractivity contribution in [3.63, 3.8) is 0 Å². The van der Waals surface area contributed by atoms with E-state index in [1.807, 2.05) is 24.3 Å². The van der Waals surface area contributed by atoms with Crippen molar-refractivity contribution < 1.29 is 14.0 Å². The lowest BCUT2D eigenvalue weighted by atomic mass is 9.74. The van der Waals surface area contributed by atoms with Crippen molar-refractivity contribution in [2.75, 3.05) is 19.6 Å². The van der Waals surface area contributed by atoms with E-state index in [-0.39, 0.29) is 24.4 Å². The van der Waals surface area contributed by atoms with Crippen LogP contribution in [0.25, 0.3) is 0 Å². The number of carbonyl (C=O) groups excluding carboxylic acids is 2. The Kier molecular flexibility index (Phi) is 7.20. The molecule has 0 spiro atoms. The lowest BCUT2D eigenvalue weighted by Crippen LogP contribution is -2.56. The molecule has 0 bridgehead atoms. The van der Waals surface area contributed by atoms with Crippen molar-refractivity contribution in [2.24, 2.45) is 5.92 Å². The molecule has 2 fully saturated rings. The largest absolute Gasteiger partial charge is 0.465 e. The standard InChI is InChI=1S/C27H33N3O3/c1-3-5-17-30-25(31)27(28-26(30)32,16-13-21-9-7-6-8-10-21)22-14-18-29(19-15-22)20-24-12-11-23(4-2)33-24/h6-12,22H,4,13-20H2,1-2H3,(H,28,32)/t27-/m0/s1. The van der Waals surface area contributed by atoms with Crippen molar-refractivity contribution in [1.29, 1.82) is 0 Å². The molecule has 0 aliphatic carbocycles. The maximum Gasteiger partial charge on any atom is 0.325 e. The number of rotatable bonds is 8. The van der Waals surface area contributed by atoms with Gasteiger partial charge in [0, 0.05) is 6.42 Å². The third kappa shape index (κ3) is 4.99. The van der Waals surface area contributed by atoms with Crippen LogP contribution in [-0.4, -0.2) is 46.9 Å². The minimum atomic E-state index is -0.867. The summed E-state index contributed by atoms with van der Waals surface area (Å²) in [6.45, 7) is 6.48. The number of aryl methyl sites for hydroxylation is 2. The van der Waals surface area contributed by atoms with Gasteiger partial charge in [0.25, 0.3) is 5.91 Å². The predicted octanol–water partition coefficient (Wildman–Crippen LogP) is 4.00. The van der Waals surface area contributed by atoms with E-state index in [1.54, 1.807) is 6.92 Å². The van der Waals surface area contributed by atoms with Gasteiger partial charge in [-0.15, -0.1) is 5.92 Å². The fourth-order valence-electron chi connectivity index (χ4n) is 5.08. The Balaban J connectivity index is 1.48. The van der Waals surface area contributed by atoms with Gasteiger partial charge in [-0.2, -0.15) is 0 Å². The molecule has 33 heavy (non-hydrogen) atoms. The Morgan fingerprint density at radius 2 is 1.82 bits per heavy atom. The van der Waals surface area contributed by atoms with E-state index in [9.17, 15) is 9.59 Å². The van der Waals surface area contributed by atoms with Crippen LogP contribution in [0.2, 0.25) is 0 Å². The van der Waals surface area contributed by atoms with Gasteiger partial charge in [0.2, 0.25) is 0 Å². The molecule has 1 atom stereocenters. The quantitative estimate of drug-likeness (QED) is 0.491. The Morgan fingerprint density at radius 3 is 2.48 bits per heavy atom. The van der Waals surface area contributed by atoms with Crippen molar-refractivity contribution >= 4 is 11.9 Å².